The third-order valence-corrected chi connectivity index (χ3v) is 2.08. The van der Waals surface area contributed by atoms with Crippen molar-refractivity contribution < 1.29 is 9.90 Å². The molecule has 70 valence electrons. The van der Waals surface area contributed by atoms with Crippen molar-refractivity contribution in [1.29, 1.82) is 0 Å². The zero-order valence-corrected chi connectivity index (χ0v) is 7.38. The zero-order chi connectivity index (χ0) is 8.81. The summed E-state index contributed by atoms with van der Waals surface area (Å²) in [6, 6.07) is 0. The maximum absolute atomic E-state index is 11.1. The topological polar surface area (TPSA) is 49.3 Å². The van der Waals surface area contributed by atoms with Gasteiger partial charge in [-0.05, 0) is 31.6 Å². The Hall–Kier alpha value is -0.570. The second-order valence-electron chi connectivity index (χ2n) is 3.43. The lowest BCUT2D eigenvalue weighted by Crippen LogP contribution is -2.24. The number of aliphatic hydroxyl groups is 1. The summed E-state index contributed by atoms with van der Waals surface area (Å²) in [5.74, 6) is 0.846. The van der Waals surface area contributed by atoms with E-state index in [1.807, 2.05) is 0 Å². The maximum atomic E-state index is 11.1. The molecule has 1 saturated carbocycles. The fourth-order valence-corrected chi connectivity index (χ4v) is 1.12. The molecule has 0 heterocycles. The van der Waals surface area contributed by atoms with Crippen LogP contribution in [0.3, 0.4) is 0 Å². The predicted octanol–water partition coefficient (Wildman–Crippen LogP) is 0.675. The first-order chi connectivity index (χ1) is 5.83. The molecule has 0 bridgehead atoms. The first kappa shape index (κ1) is 9.52. The molecule has 0 spiro atoms. The monoisotopic (exact) mass is 171 g/mol. The van der Waals surface area contributed by atoms with Crippen LogP contribution >= 0.6 is 0 Å². The Morgan fingerprint density at radius 2 is 2.17 bits per heavy atom. The number of carbonyl (C=O) groups excluding carboxylic acids is 1. The van der Waals surface area contributed by atoms with Crippen molar-refractivity contribution in [2.24, 2.45) is 5.92 Å². The highest BCUT2D eigenvalue weighted by molar-refractivity contribution is 5.76. The van der Waals surface area contributed by atoms with Gasteiger partial charge in [-0.2, -0.15) is 0 Å². The van der Waals surface area contributed by atoms with Crippen LogP contribution in [0.4, 0.5) is 0 Å². The van der Waals surface area contributed by atoms with E-state index in [9.17, 15) is 4.79 Å². The molecule has 0 saturated heterocycles. The van der Waals surface area contributed by atoms with Crippen molar-refractivity contribution in [3.05, 3.63) is 0 Å². The lowest BCUT2D eigenvalue weighted by atomic mass is 10.2. The molecule has 1 fully saturated rings. The highest BCUT2D eigenvalue weighted by Crippen LogP contribution is 2.31. The summed E-state index contributed by atoms with van der Waals surface area (Å²) in [7, 11) is 0. The smallest absolute Gasteiger partial charge is 0.220 e. The number of unbranched alkanes of at least 4 members (excludes halogenated alkanes) is 1. The van der Waals surface area contributed by atoms with Crippen molar-refractivity contribution in [3.63, 3.8) is 0 Å². The number of aliphatic hydroxyl groups excluding tert-OH is 1. The highest BCUT2D eigenvalue weighted by atomic mass is 16.2. The summed E-state index contributed by atoms with van der Waals surface area (Å²) >= 11 is 0. The molecule has 1 rings (SSSR count). The van der Waals surface area contributed by atoms with Crippen LogP contribution in [-0.2, 0) is 4.79 Å². The van der Waals surface area contributed by atoms with E-state index in [0.717, 1.165) is 12.8 Å². The molecule has 0 unspecified atom stereocenters. The van der Waals surface area contributed by atoms with Crippen LogP contribution in [0.1, 0.15) is 32.1 Å². The number of carbonyl (C=O) groups is 1. The minimum Gasteiger partial charge on any atom is -0.396 e. The fraction of sp³-hybridized carbons (Fsp3) is 0.889. The molecule has 0 radical (unpaired) electrons. The van der Waals surface area contributed by atoms with Crippen LogP contribution in [0, 0.1) is 5.92 Å². The van der Waals surface area contributed by atoms with Crippen LogP contribution in [0.25, 0.3) is 0 Å². The maximum Gasteiger partial charge on any atom is 0.220 e. The van der Waals surface area contributed by atoms with E-state index in [4.69, 9.17) is 5.11 Å². The molecule has 0 atom stereocenters. The van der Waals surface area contributed by atoms with Gasteiger partial charge in [0.15, 0.2) is 0 Å². The van der Waals surface area contributed by atoms with Crippen molar-refractivity contribution in [3.8, 4) is 0 Å². The Morgan fingerprint density at radius 1 is 1.42 bits per heavy atom. The Kier molecular flexibility index (Phi) is 4.08. The van der Waals surface area contributed by atoms with Crippen LogP contribution < -0.4 is 5.32 Å². The third-order valence-electron chi connectivity index (χ3n) is 2.08. The van der Waals surface area contributed by atoms with Gasteiger partial charge in [0.1, 0.15) is 0 Å². The largest absolute Gasteiger partial charge is 0.396 e. The molecule has 0 aromatic heterocycles. The minimum atomic E-state index is 0.176. The number of nitrogens with one attached hydrogen (secondary N) is 1. The van der Waals surface area contributed by atoms with Crippen molar-refractivity contribution in [1.82, 2.24) is 5.32 Å². The lowest BCUT2D eigenvalue weighted by Gasteiger charge is -2.02. The van der Waals surface area contributed by atoms with E-state index in [1.165, 1.54) is 12.8 Å². The third kappa shape index (κ3) is 4.34. The highest BCUT2D eigenvalue weighted by Gasteiger charge is 2.23. The molecular formula is C9H17NO2. The molecule has 1 aliphatic rings. The molecule has 2 N–H and O–H groups in total. The molecule has 12 heavy (non-hydrogen) atoms. The predicted molar refractivity (Wildman–Crippen MR) is 46.7 cm³/mol. The van der Waals surface area contributed by atoms with Crippen LogP contribution in [-0.4, -0.2) is 24.2 Å². The molecule has 0 aromatic carbocycles. The second-order valence-corrected chi connectivity index (χ2v) is 3.43. The summed E-state index contributed by atoms with van der Waals surface area (Å²) < 4.78 is 0. The molecule has 1 amide bonds. The van der Waals surface area contributed by atoms with Gasteiger partial charge in [0.2, 0.25) is 5.91 Å². The van der Waals surface area contributed by atoms with Crippen molar-refractivity contribution >= 4 is 5.91 Å². The van der Waals surface area contributed by atoms with E-state index in [2.05, 4.69) is 5.32 Å². The van der Waals surface area contributed by atoms with Crippen LogP contribution in [0.15, 0.2) is 0 Å². The van der Waals surface area contributed by atoms with Gasteiger partial charge in [0.25, 0.3) is 0 Å². The Balaban J connectivity index is 1.87. The van der Waals surface area contributed by atoms with Gasteiger partial charge in [-0.1, -0.05) is 0 Å². The van der Waals surface area contributed by atoms with E-state index in [-0.39, 0.29) is 12.5 Å². The summed E-state index contributed by atoms with van der Waals surface area (Å²) in [5, 5.41) is 11.3. The number of amides is 1. The molecule has 0 aromatic rings. The Bertz CT molecular complexity index is 143. The van der Waals surface area contributed by atoms with Gasteiger partial charge in [0, 0.05) is 19.6 Å². The molecule has 0 aliphatic heterocycles. The first-order valence-corrected chi connectivity index (χ1v) is 4.70. The lowest BCUT2D eigenvalue weighted by molar-refractivity contribution is -0.121. The van der Waals surface area contributed by atoms with E-state index < -0.39 is 0 Å². The van der Waals surface area contributed by atoms with E-state index in [0.29, 0.717) is 18.9 Å². The normalized spacial score (nSPS) is 16.1. The first-order valence-electron chi connectivity index (χ1n) is 4.70. The number of hydrogen-bond donors (Lipinski definition) is 2. The number of hydrogen-bond acceptors (Lipinski definition) is 2. The molecule has 3 heteroatoms. The quantitative estimate of drug-likeness (QED) is 0.577. The zero-order valence-electron chi connectivity index (χ0n) is 7.38. The van der Waals surface area contributed by atoms with Gasteiger partial charge in [-0.3, -0.25) is 4.79 Å². The number of rotatable bonds is 6. The van der Waals surface area contributed by atoms with Crippen LogP contribution in [0.5, 0.6) is 0 Å². The summed E-state index contributed by atoms with van der Waals surface area (Å²) in [5.41, 5.74) is 0. The minimum absolute atomic E-state index is 0.176. The van der Waals surface area contributed by atoms with Crippen molar-refractivity contribution in [2.45, 2.75) is 32.1 Å². The van der Waals surface area contributed by atoms with Gasteiger partial charge < -0.3 is 10.4 Å². The molecular weight excluding hydrogens is 154 g/mol. The van der Waals surface area contributed by atoms with E-state index >= 15 is 0 Å². The molecule has 3 nitrogen and oxygen atoms in total. The summed E-state index contributed by atoms with van der Waals surface area (Å²) in [6.07, 6.45) is 4.82. The average molecular weight is 171 g/mol. The van der Waals surface area contributed by atoms with Crippen LogP contribution in [0.2, 0.25) is 0 Å². The van der Waals surface area contributed by atoms with Gasteiger partial charge >= 0.3 is 0 Å². The second kappa shape index (κ2) is 5.14. The van der Waals surface area contributed by atoms with Crippen molar-refractivity contribution in [2.75, 3.05) is 13.2 Å². The van der Waals surface area contributed by atoms with Gasteiger partial charge in [-0.25, -0.2) is 0 Å². The summed E-state index contributed by atoms with van der Waals surface area (Å²) in [4.78, 5) is 11.1. The van der Waals surface area contributed by atoms with E-state index in [1.54, 1.807) is 0 Å². The average Bonchev–Trinajstić information content (AvgIpc) is 2.82. The van der Waals surface area contributed by atoms with Gasteiger partial charge in [-0.15, -0.1) is 0 Å². The fourth-order valence-electron chi connectivity index (χ4n) is 1.12. The Labute approximate surface area is 73.2 Å². The summed E-state index contributed by atoms with van der Waals surface area (Å²) in [6.45, 7) is 0.935. The molecule has 1 aliphatic carbocycles. The Morgan fingerprint density at radius 3 is 2.75 bits per heavy atom. The standard InChI is InChI=1S/C9H17NO2/c11-6-2-1-5-10-9(12)7-8-3-4-8/h8,11H,1-7H2,(H,10,12). The SMILES string of the molecule is O=C(CC1CC1)NCCCCO. The van der Waals surface area contributed by atoms with Gasteiger partial charge in [0.05, 0.1) is 0 Å².